The van der Waals surface area contributed by atoms with Crippen LogP contribution in [0.5, 0.6) is 0 Å². The van der Waals surface area contributed by atoms with Gasteiger partial charge in [-0.15, -0.1) is 0 Å². The van der Waals surface area contributed by atoms with E-state index in [1.807, 2.05) is 0 Å². The number of guanidine groups is 1. The van der Waals surface area contributed by atoms with Crippen LogP contribution < -0.4 is 21.7 Å². The zero-order valence-corrected chi connectivity index (χ0v) is 13.5. The number of nitrogens with one attached hydrogen (secondary N) is 3. The molecule has 20 heavy (non-hydrogen) atoms. The largest absolute Gasteiger partial charge is 0.370 e. The van der Waals surface area contributed by atoms with E-state index in [1.165, 1.54) is 0 Å². The Hall–Kier alpha value is -1.09. The van der Waals surface area contributed by atoms with E-state index in [0.717, 1.165) is 9.09 Å². The summed E-state index contributed by atoms with van der Waals surface area (Å²) in [5.74, 6) is -0.373. The topological polar surface area (TPSA) is 109 Å². The molecular weight excluding hydrogens is 394 g/mol. The second-order valence-corrected chi connectivity index (χ2v) is 6.65. The SMILES string of the molecule is NC1=NC(C2CCNC(=O)C3NC(Br)=C(Br)C32)C(=O)N1. The average Bonchev–Trinajstić information content (AvgIpc) is 2.81. The van der Waals surface area contributed by atoms with Crippen LogP contribution in [0.4, 0.5) is 0 Å². The highest BCUT2D eigenvalue weighted by Gasteiger charge is 2.48. The first kappa shape index (κ1) is 13.9. The minimum Gasteiger partial charge on any atom is -0.370 e. The lowest BCUT2D eigenvalue weighted by atomic mass is 9.81. The summed E-state index contributed by atoms with van der Waals surface area (Å²) in [7, 11) is 0. The summed E-state index contributed by atoms with van der Waals surface area (Å²) >= 11 is 6.90. The lowest BCUT2D eigenvalue weighted by molar-refractivity contribution is -0.124. The van der Waals surface area contributed by atoms with Crippen LogP contribution in [0.1, 0.15) is 6.42 Å². The van der Waals surface area contributed by atoms with Gasteiger partial charge in [0.2, 0.25) is 5.91 Å². The number of nitrogens with two attached hydrogens (primary N) is 1. The first-order valence-corrected chi connectivity index (χ1v) is 7.81. The standard InChI is InChI=1S/C11H13Br2N5O2/c12-5-4-3(6-10(20)18-11(14)17-6)1-2-15-9(19)7(4)16-8(5)13/h3-4,6-7,16H,1-2H2,(H,15,19)(H3,14,17,18,20). The minimum absolute atomic E-state index is 0.0701. The van der Waals surface area contributed by atoms with Crippen molar-refractivity contribution in [1.29, 1.82) is 0 Å². The Labute approximate surface area is 132 Å². The molecule has 7 nitrogen and oxygen atoms in total. The molecule has 0 bridgehead atoms. The molecule has 3 rings (SSSR count). The Morgan fingerprint density at radius 1 is 1.25 bits per heavy atom. The summed E-state index contributed by atoms with van der Waals surface area (Å²) < 4.78 is 1.60. The molecule has 1 fully saturated rings. The van der Waals surface area contributed by atoms with Crippen LogP contribution in [-0.2, 0) is 9.59 Å². The highest BCUT2D eigenvalue weighted by Crippen LogP contribution is 2.42. The Morgan fingerprint density at radius 2 is 2.00 bits per heavy atom. The van der Waals surface area contributed by atoms with Gasteiger partial charge in [0.15, 0.2) is 5.96 Å². The summed E-state index contributed by atoms with van der Waals surface area (Å²) in [5, 5.41) is 8.48. The number of carbonyl (C=O) groups excluding carboxylic acids is 2. The van der Waals surface area contributed by atoms with Crippen LogP contribution in [0.3, 0.4) is 0 Å². The molecule has 0 spiro atoms. The van der Waals surface area contributed by atoms with Gasteiger partial charge in [-0.3, -0.25) is 14.9 Å². The maximum Gasteiger partial charge on any atom is 0.251 e. The Kier molecular flexibility index (Phi) is 3.49. The van der Waals surface area contributed by atoms with Crippen LogP contribution in [0.15, 0.2) is 14.1 Å². The van der Waals surface area contributed by atoms with Crippen molar-refractivity contribution in [2.75, 3.05) is 6.54 Å². The summed E-state index contributed by atoms with van der Waals surface area (Å²) in [5.41, 5.74) is 5.57. The predicted molar refractivity (Wildman–Crippen MR) is 80.0 cm³/mol. The molecule has 4 unspecified atom stereocenters. The highest BCUT2D eigenvalue weighted by molar-refractivity contribution is 9.14. The number of carbonyl (C=O) groups is 2. The molecule has 3 aliphatic rings. The fourth-order valence-corrected chi connectivity index (χ4v) is 4.22. The molecule has 3 aliphatic heterocycles. The maximum absolute atomic E-state index is 12.1. The number of hydrogen-bond donors (Lipinski definition) is 4. The van der Waals surface area contributed by atoms with E-state index >= 15 is 0 Å². The van der Waals surface area contributed by atoms with E-state index in [2.05, 4.69) is 52.8 Å². The third kappa shape index (κ3) is 2.12. The molecule has 0 radical (unpaired) electrons. The van der Waals surface area contributed by atoms with Crippen molar-refractivity contribution >= 4 is 49.6 Å². The van der Waals surface area contributed by atoms with E-state index in [1.54, 1.807) is 0 Å². The fraction of sp³-hybridized carbons (Fsp3) is 0.545. The van der Waals surface area contributed by atoms with Crippen LogP contribution in [-0.4, -0.2) is 36.4 Å². The number of fused-ring (bicyclic) bond motifs is 1. The quantitative estimate of drug-likeness (QED) is 0.439. The zero-order chi connectivity index (χ0) is 14.4. The molecule has 0 aromatic heterocycles. The summed E-state index contributed by atoms with van der Waals surface area (Å²) in [6, 6.07) is -0.959. The molecule has 2 amide bonds. The van der Waals surface area contributed by atoms with Crippen LogP contribution in [0.2, 0.25) is 0 Å². The number of aliphatic imine (C=N–C) groups is 1. The van der Waals surface area contributed by atoms with Crippen molar-refractivity contribution in [2.24, 2.45) is 22.6 Å². The van der Waals surface area contributed by atoms with Crippen LogP contribution in [0.25, 0.3) is 0 Å². The minimum atomic E-state index is -0.553. The first-order valence-electron chi connectivity index (χ1n) is 6.22. The molecule has 0 saturated carbocycles. The maximum atomic E-state index is 12.1. The lowest BCUT2D eigenvalue weighted by Crippen LogP contribution is -2.45. The molecule has 4 atom stereocenters. The van der Waals surface area contributed by atoms with E-state index in [-0.39, 0.29) is 29.6 Å². The second kappa shape index (κ2) is 5.03. The zero-order valence-electron chi connectivity index (χ0n) is 10.3. The molecule has 0 aliphatic carbocycles. The summed E-state index contributed by atoms with van der Waals surface area (Å²) in [4.78, 5) is 28.3. The monoisotopic (exact) mass is 405 g/mol. The predicted octanol–water partition coefficient (Wildman–Crippen LogP) is -0.517. The van der Waals surface area contributed by atoms with Crippen molar-refractivity contribution in [3.8, 4) is 0 Å². The van der Waals surface area contributed by atoms with Crippen molar-refractivity contribution in [2.45, 2.75) is 18.5 Å². The van der Waals surface area contributed by atoms with Crippen molar-refractivity contribution in [3.63, 3.8) is 0 Å². The van der Waals surface area contributed by atoms with Gasteiger partial charge in [0.25, 0.3) is 5.91 Å². The van der Waals surface area contributed by atoms with Gasteiger partial charge in [0.05, 0.1) is 4.61 Å². The Balaban J connectivity index is 1.97. The van der Waals surface area contributed by atoms with E-state index < -0.39 is 12.1 Å². The number of rotatable bonds is 1. The lowest BCUT2D eigenvalue weighted by Gasteiger charge is -2.26. The number of hydrogen-bond acceptors (Lipinski definition) is 5. The molecular formula is C11H13Br2N5O2. The van der Waals surface area contributed by atoms with Gasteiger partial charge in [0, 0.05) is 22.9 Å². The van der Waals surface area contributed by atoms with Gasteiger partial charge < -0.3 is 16.4 Å². The number of nitrogens with zero attached hydrogens (tertiary/aromatic N) is 1. The van der Waals surface area contributed by atoms with Gasteiger partial charge >= 0.3 is 0 Å². The van der Waals surface area contributed by atoms with Crippen LogP contribution in [0, 0.1) is 11.8 Å². The molecule has 3 heterocycles. The van der Waals surface area contributed by atoms with Gasteiger partial charge in [-0.05, 0) is 22.4 Å². The second-order valence-electron chi connectivity index (χ2n) is 5.00. The smallest absolute Gasteiger partial charge is 0.251 e. The molecule has 5 N–H and O–H groups in total. The first-order chi connectivity index (χ1) is 9.49. The van der Waals surface area contributed by atoms with Gasteiger partial charge in [-0.25, -0.2) is 4.99 Å². The normalized spacial score (nSPS) is 36.8. The average molecular weight is 407 g/mol. The molecule has 0 aromatic rings. The van der Waals surface area contributed by atoms with E-state index in [0.29, 0.717) is 13.0 Å². The summed E-state index contributed by atoms with van der Waals surface area (Å²) in [6.07, 6.45) is 0.666. The number of halogens is 2. The van der Waals surface area contributed by atoms with Crippen molar-refractivity contribution < 1.29 is 9.59 Å². The van der Waals surface area contributed by atoms with E-state index in [9.17, 15) is 9.59 Å². The van der Waals surface area contributed by atoms with E-state index in [4.69, 9.17) is 5.73 Å². The molecule has 0 aromatic carbocycles. The molecule has 108 valence electrons. The molecule has 9 heteroatoms. The summed E-state index contributed by atoms with van der Waals surface area (Å²) in [6.45, 7) is 0.523. The van der Waals surface area contributed by atoms with Gasteiger partial charge in [0.1, 0.15) is 12.1 Å². The van der Waals surface area contributed by atoms with Crippen LogP contribution >= 0.6 is 31.9 Å². The number of amides is 2. The van der Waals surface area contributed by atoms with Gasteiger partial charge in [-0.1, -0.05) is 15.9 Å². The third-order valence-corrected chi connectivity index (χ3v) is 5.98. The van der Waals surface area contributed by atoms with Crippen molar-refractivity contribution in [3.05, 3.63) is 9.09 Å². The highest BCUT2D eigenvalue weighted by atomic mass is 79.9. The van der Waals surface area contributed by atoms with Gasteiger partial charge in [-0.2, -0.15) is 0 Å². The third-order valence-electron chi connectivity index (χ3n) is 3.87. The fourth-order valence-electron chi connectivity index (χ4n) is 2.99. The molecule has 1 saturated heterocycles. The Bertz CT molecular complexity index is 547. The Morgan fingerprint density at radius 3 is 2.65 bits per heavy atom. The van der Waals surface area contributed by atoms with Crippen molar-refractivity contribution in [1.82, 2.24) is 16.0 Å².